The van der Waals surface area contributed by atoms with Crippen LogP contribution < -0.4 is 15.4 Å². The SMILES string of the molecule is Cc1cccc(C)c1OCC(=O)N[C@@H](CC(C)C)C[C@H](O)[C@H](Cc1ccccc1)NC(=O)c1cccc(O)c1C. The van der Waals surface area contributed by atoms with Crippen LogP contribution in [0.1, 0.15) is 59.3 Å². The van der Waals surface area contributed by atoms with Crippen molar-refractivity contribution < 1.29 is 24.5 Å². The van der Waals surface area contributed by atoms with Gasteiger partial charge in [-0.1, -0.05) is 68.4 Å². The van der Waals surface area contributed by atoms with E-state index in [0.717, 1.165) is 16.7 Å². The highest BCUT2D eigenvalue weighted by Gasteiger charge is 2.27. The van der Waals surface area contributed by atoms with Gasteiger partial charge in [-0.2, -0.15) is 0 Å². The van der Waals surface area contributed by atoms with Crippen LogP contribution in [0.5, 0.6) is 11.5 Å². The van der Waals surface area contributed by atoms with Crippen molar-refractivity contribution in [2.24, 2.45) is 5.92 Å². The number of phenolic OH excluding ortho intramolecular Hbond substituents is 1. The van der Waals surface area contributed by atoms with Crippen LogP contribution in [0.4, 0.5) is 0 Å². The number of hydrogen-bond acceptors (Lipinski definition) is 5. The molecule has 0 fully saturated rings. The van der Waals surface area contributed by atoms with Crippen LogP contribution in [0.25, 0.3) is 0 Å². The maximum atomic E-state index is 13.2. The predicted molar refractivity (Wildman–Crippen MR) is 158 cm³/mol. The van der Waals surface area contributed by atoms with Gasteiger partial charge in [-0.3, -0.25) is 9.59 Å². The van der Waals surface area contributed by atoms with E-state index in [0.29, 0.717) is 29.7 Å². The van der Waals surface area contributed by atoms with Crippen LogP contribution in [0.15, 0.2) is 66.7 Å². The van der Waals surface area contributed by atoms with Crippen molar-refractivity contribution >= 4 is 11.8 Å². The Balaban J connectivity index is 1.73. The molecule has 0 saturated carbocycles. The van der Waals surface area contributed by atoms with Crippen molar-refractivity contribution in [2.75, 3.05) is 6.61 Å². The number of hydrogen-bond donors (Lipinski definition) is 4. The molecule has 0 unspecified atom stereocenters. The van der Waals surface area contributed by atoms with Gasteiger partial charge in [-0.25, -0.2) is 0 Å². The van der Waals surface area contributed by atoms with E-state index in [1.165, 1.54) is 6.07 Å². The standard InChI is InChI=1S/C33H42N2O5/c1-21(2)17-26(34-31(38)20-40-32-22(3)11-9-12-23(32)4)19-30(37)28(18-25-13-7-6-8-14-25)35-33(39)27-15-10-16-29(36)24(27)5/h6-16,21,26,28,30,36-37H,17-20H2,1-5H3,(H,34,38)(H,35,39)/t26-,28-,30-/m0/s1. The van der Waals surface area contributed by atoms with Crippen LogP contribution >= 0.6 is 0 Å². The van der Waals surface area contributed by atoms with Gasteiger partial charge in [0.25, 0.3) is 11.8 Å². The number of para-hydroxylation sites is 1. The molecule has 40 heavy (non-hydrogen) atoms. The highest BCUT2D eigenvalue weighted by atomic mass is 16.5. The van der Waals surface area contributed by atoms with Crippen molar-refractivity contribution in [3.63, 3.8) is 0 Å². The number of aliphatic hydroxyl groups is 1. The number of carbonyl (C=O) groups is 2. The topological polar surface area (TPSA) is 108 Å². The van der Waals surface area contributed by atoms with Crippen molar-refractivity contribution in [3.05, 3.63) is 94.5 Å². The van der Waals surface area contributed by atoms with E-state index in [2.05, 4.69) is 24.5 Å². The first-order valence-corrected chi connectivity index (χ1v) is 13.8. The summed E-state index contributed by atoms with van der Waals surface area (Å²) in [6.07, 6.45) is 0.378. The summed E-state index contributed by atoms with van der Waals surface area (Å²) in [5.74, 6) is 0.370. The number of aryl methyl sites for hydroxylation is 2. The Morgan fingerprint density at radius 2 is 1.50 bits per heavy atom. The summed E-state index contributed by atoms with van der Waals surface area (Å²) in [5, 5.41) is 27.5. The minimum Gasteiger partial charge on any atom is -0.508 e. The van der Waals surface area contributed by atoms with Gasteiger partial charge in [-0.05, 0) is 74.8 Å². The van der Waals surface area contributed by atoms with Crippen LogP contribution in [0.3, 0.4) is 0 Å². The molecule has 4 N–H and O–H groups in total. The van der Waals surface area contributed by atoms with Gasteiger partial charge in [-0.15, -0.1) is 0 Å². The zero-order valence-electron chi connectivity index (χ0n) is 24.1. The van der Waals surface area contributed by atoms with Crippen LogP contribution in [0.2, 0.25) is 0 Å². The molecule has 7 heteroatoms. The monoisotopic (exact) mass is 546 g/mol. The second kappa shape index (κ2) is 14.5. The summed E-state index contributed by atoms with van der Waals surface area (Å²) < 4.78 is 5.84. The second-order valence-corrected chi connectivity index (χ2v) is 10.9. The van der Waals surface area contributed by atoms with Crippen molar-refractivity contribution in [1.82, 2.24) is 10.6 Å². The zero-order chi connectivity index (χ0) is 29.2. The summed E-state index contributed by atoms with van der Waals surface area (Å²) in [6, 6.07) is 19.3. The molecule has 3 aromatic rings. The number of amides is 2. The fourth-order valence-corrected chi connectivity index (χ4v) is 4.94. The maximum absolute atomic E-state index is 13.2. The Labute approximate surface area is 237 Å². The minimum absolute atomic E-state index is 0.0376. The minimum atomic E-state index is -0.939. The average molecular weight is 547 g/mol. The summed E-state index contributed by atoms with van der Waals surface area (Å²) in [4.78, 5) is 26.1. The number of phenols is 1. The normalized spacial score (nSPS) is 13.4. The number of carbonyl (C=O) groups excluding carboxylic acids is 2. The Bertz CT molecular complexity index is 1250. The average Bonchev–Trinajstić information content (AvgIpc) is 2.89. The van der Waals surface area contributed by atoms with Gasteiger partial charge >= 0.3 is 0 Å². The first-order chi connectivity index (χ1) is 19.0. The largest absolute Gasteiger partial charge is 0.508 e. The third-order valence-corrected chi connectivity index (χ3v) is 7.03. The fraction of sp³-hybridized carbons (Fsp3) is 0.394. The molecule has 0 aliphatic carbocycles. The Morgan fingerprint density at radius 3 is 2.15 bits per heavy atom. The molecule has 0 radical (unpaired) electrons. The van der Waals surface area contributed by atoms with Gasteiger partial charge in [0.15, 0.2) is 6.61 Å². The summed E-state index contributed by atoms with van der Waals surface area (Å²) in [6.45, 7) is 9.56. The Hall–Kier alpha value is -3.84. The fourth-order valence-electron chi connectivity index (χ4n) is 4.94. The van der Waals surface area contributed by atoms with Crippen molar-refractivity contribution in [1.29, 1.82) is 0 Å². The Kier molecular flexibility index (Phi) is 11.1. The number of aliphatic hydroxyl groups excluding tert-OH is 1. The molecule has 0 heterocycles. The zero-order valence-corrected chi connectivity index (χ0v) is 24.1. The van der Waals surface area contributed by atoms with Crippen LogP contribution in [-0.2, 0) is 11.2 Å². The lowest BCUT2D eigenvalue weighted by Crippen LogP contribution is -2.49. The molecule has 0 bridgehead atoms. The predicted octanol–water partition coefficient (Wildman–Crippen LogP) is 5.02. The van der Waals surface area contributed by atoms with E-state index in [4.69, 9.17) is 4.74 Å². The third kappa shape index (κ3) is 8.85. The molecule has 0 aliphatic heterocycles. The number of rotatable bonds is 13. The lowest BCUT2D eigenvalue weighted by atomic mass is 9.92. The Morgan fingerprint density at radius 1 is 0.850 bits per heavy atom. The number of ether oxygens (including phenoxy) is 1. The number of aromatic hydroxyl groups is 1. The second-order valence-electron chi connectivity index (χ2n) is 10.9. The highest BCUT2D eigenvalue weighted by Crippen LogP contribution is 2.23. The highest BCUT2D eigenvalue weighted by molar-refractivity contribution is 5.96. The first-order valence-electron chi connectivity index (χ1n) is 13.8. The van der Waals surface area contributed by atoms with Crippen molar-refractivity contribution in [3.8, 4) is 11.5 Å². The lowest BCUT2D eigenvalue weighted by molar-refractivity contribution is -0.124. The van der Waals surface area contributed by atoms with Crippen LogP contribution in [-0.4, -0.2) is 46.8 Å². The molecular formula is C33H42N2O5. The molecule has 0 saturated heterocycles. The molecule has 0 spiro atoms. The smallest absolute Gasteiger partial charge is 0.258 e. The lowest BCUT2D eigenvalue weighted by Gasteiger charge is -2.29. The van der Waals surface area contributed by atoms with E-state index in [-0.39, 0.29) is 42.6 Å². The third-order valence-electron chi connectivity index (χ3n) is 7.03. The first kappa shape index (κ1) is 30.7. The molecule has 214 valence electrons. The van der Waals surface area contributed by atoms with E-state index in [1.807, 2.05) is 62.4 Å². The number of nitrogens with one attached hydrogen (secondary N) is 2. The molecular weight excluding hydrogens is 504 g/mol. The molecule has 3 atom stereocenters. The summed E-state index contributed by atoms with van der Waals surface area (Å²) in [5.41, 5.74) is 3.71. The summed E-state index contributed by atoms with van der Waals surface area (Å²) in [7, 11) is 0. The van der Waals surface area contributed by atoms with E-state index in [1.54, 1.807) is 19.1 Å². The molecule has 3 rings (SSSR count). The molecule has 7 nitrogen and oxygen atoms in total. The summed E-state index contributed by atoms with van der Waals surface area (Å²) >= 11 is 0. The van der Waals surface area contributed by atoms with Gasteiger partial charge < -0.3 is 25.6 Å². The molecule has 0 aromatic heterocycles. The molecule has 0 aliphatic rings. The van der Waals surface area contributed by atoms with Gasteiger partial charge in [0.1, 0.15) is 11.5 Å². The van der Waals surface area contributed by atoms with E-state index < -0.39 is 12.1 Å². The van der Waals surface area contributed by atoms with Gasteiger partial charge in [0, 0.05) is 17.2 Å². The molecule has 2 amide bonds. The van der Waals surface area contributed by atoms with E-state index >= 15 is 0 Å². The molecule has 3 aromatic carbocycles. The quantitative estimate of drug-likeness (QED) is 0.241. The van der Waals surface area contributed by atoms with Gasteiger partial charge in [0.2, 0.25) is 0 Å². The van der Waals surface area contributed by atoms with Crippen molar-refractivity contribution in [2.45, 2.75) is 72.1 Å². The number of benzene rings is 3. The van der Waals surface area contributed by atoms with E-state index in [9.17, 15) is 19.8 Å². The van der Waals surface area contributed by atoms with Gasteiger partial charge in [0.05, 0.1) is 12.1 Å². The maximum Gasteiger partial charge on any atom is 0.258 e. The van der Waals surface area contributed by atoms with Crippen LogP contribution in [0, 0.1) is 26.7 Å².